The molecule has 0 fully saturated rings. The number of rotatable bonds is 3. The molecule has 0 unspecified atom stereocenters. The van der Waals surface area contributed by atoms with Crippen LogP contribution in [0.2, 0.25) is 0 Å². The van der Waals surface area contributed by atoms with Crippen LogP contribution in [0, 0.1) is 6.92 Å². The number of carbonyl (C=O) groups is 1. The average molecular weight is 248 g/mol. The molecule has 4 heteroatoms. The first-order chi connectivity index (χ1) is 8.24. The summed E-state index contributed by atoms with van der Waals surface area (Å²) in [7, 11) is 0. The van der Waals surface area contributed by atoms with E-state index in [0.29, 0.717) is 6.42 Å². The van der Waals surface area contributed by atoms with Crippen LogP contribution in [0.3, 0.4) is 0 Å². The Morgan fingerprint density at radius 1 is 1.41 bits per heavy atom. The molecule has 0 radical (unpaired) electrons. The quantitative estimate of drug-likeness (QED) is 0.890. The Morgan fingerprint density at radius 3 is 2.82 bits per heavy atom. The molecule has 0 atom stereocenters. The Labute approximate surface area is 106 Å². The summed E-state index contributed by atoms with van der Waals surface area (Å²) in [5.74, 6) is 1.03. The molecule has 1 aromatic carbocycles. The number of aliphatic imine (C=N–C) groups is 1. The number of carbonyl (C=O) groups excluding carboxylic acids is 1. The molecule has 1 aromatic rings. The molecule has 90 valence electrons. The molecule has 0 spiro atoms. The Morgan fingerprint density at radius 2 is 2.18 bits per heavy atom. The van der Waals surface area contributed by atoms with Crippen molar-refractivity contribution < 1.29 is 4.79 Å². The van der Waals surface area contributed by atoms with E-state index in [9.17, 15) is 4.79 Å². The Balaban J connectivity index is 1.77. The first-order valence-electron chi connectivity index (χ1n) is 5.77. The van der Waals surface area contributed by atoms with Crippen LogP contribution in [0.15, 0.2) is 29.3 Å². The highest BCUT2D eigenvalue weighted by Crippen LogP contribution is 2.10. The molecule has 17 heavy (non-hydrogen) atoms. The van der Waals surface area contributed by atoms with Crippen LogP contribution >= 0.6 is 11.8 Å². The first kappa shape index (κ1) is 12.2. The lowest BCUT2D eigenvalue weighted by Crippen LogP contribution is -2.27. The molecule has 1 amide bonds. The van der Waals surface area contributed by atoms with E-state index in [1.807, 2.05) is 0 Å². The molecule has 0 saturated heterocycles. The van der Waals surface area contributed by atoms with E-state index in [1.54, 1.807) is 11.8 Å². The molecule has 0 aliphatic carbocycles. The van der Waals surface area contributed by atoms with Crippen molar-refractivity contribution in [3.8, 4) is 0 Å². The van der Waals surface area contributed by atoms with Gasteiger partial charge in [0, 0.05) is 12.2 Å². The van der Waals surface area contributed by atoms with E-state index < -0.39 is 0 Å². The predicted molar refractivity (Wildman–Crippen MR) is 72.4 cm³/mol. The van der Waals surface area contributed by atoms with Crippen LogP contribution in [-0.2, 0) is 11.2 Å². The summed E-state index contributed by atoms with van der Waals surface area (Å²) in [4.78, 5) is 15.8. The van der Waals surface area contributed by atoms with Gasteiger partial charge in [-0.25, -0.2) is 0 Å². The summed E-state index contributed by atoms with van der Waals surface area (Å²) < 4.78 is 0. The predicted octanol–water partition coefficient (Wildman–Crippen LogP) is 2.15. The SMILES string of the molecule is Cc1ccc(CCC(=O)NC2=NCCS2)cc1. The zero-order valence-electron chi connectivity index (χ0n) is 9.90. The van der Waals surface area contributed by atoms with Crippen LogP contribution in [0.25, 0.3) is 0 Å². The maximum absolute atomic E-state index is 11.6. The Hall–Kier alpha value is -1.29. The van der Waals surface area contributed by atoms with E-state index in [-0.39, 0.29) is 5.91 Å². The van der Waals surface area contributed by atoms with E-state index >= 15 is 0 Å². The molecule has 1 heterocycles. The highest BCUT2D eigenvalue weighted by molar-refractivity contribution is 8.14. The highest BCUT2D eigenvalue weighted by Gasteiger charge is 2.10. The first-order valence-corrected chi connectivity index (χ1v) is 6.75. The number of nitrogens with zero attached hydrogens (tertiary/aromatic N) is 1. The zero-order chi connectivity index (χ0) is 12.1. The number of amides is 1. The number of amidine groups is 1. The van der Waals surface area contributed by atoms with Gasteiger partial charge in [0.05, 0.1) is 6.54 Å². The molecule has 3 nitrogen and oxygen atoms in total. The monoisotopic (exact) mass is 248 g/mol. The number of thioether (sulfide) groups is 1. The summed E-state index contributed by atoms with van der Waals surface area (Å²) in [6.45, 7) is 2.88. The second kappa shape index (κ2) is 5.87. The number of hydrogen-bond donors (Lipinski definition) is 1. The molecular weight excluding hydrogens is 232 g/mol. The second-order valence-corrected chi connectivity index (χ2v) is 5.15. The summed E-state index contributed by atoms with van der Waals surface area (Å²) >= 11 is 1.61. The van der Waals surface area contributed by atoms with Crippen molar-refractivity contribution in [3.05, 3.63) is 35.4 Å². The molecule has 1 aliphatic rings. The van der Waals surface area contributed by atoms with Gasteiger partial charge in [-0.1, -0.05) is 41.6 Å². The molecule has 1 N–H and O–H groups in total. The van der Waals surface area contributed by atoms with Gasteiger partial charge in [-0.3, -0.25) is 9.79 Å². The Kier molecular flexibility index (Phi) is 4.20. The third-order valence-electron chi connectivity index (χ3n) is 2.59. The van der Waals surface area contributed by atoms with Crippen LogP contribution in [0.4, 0.5) is 0 Å². The van der Waals surface area contributed by atoms with Crippen LogP contribution < -0.4 is 5.32 Å². The maximum Gasteiger partial charge on any atom is 0.226 e. The minimum Gasteiger partial charge on any atom is -0.305 e. The maximum atomic E-state index is 11.6. The van der Waals surface area contributed by atoms with Gasteiger partial charge in [0.1, 0.15) is 0 Å². The van der Waals surface area contributed by atoms with Gasteiger partial charge in [-0.2, -0.15) is 0 Å². The van der Waals surface area contributed by atoms with Gasteiger partial charge in [0.15, 0.2) is 5.17 Å². The summed E-state index contributed by atoms with van der Waals surface area (Å²) in [6, 6.07) is 8.29. The minimum atomic E-state index is 0.0544. The van der Waals surface area contributed by atoms with Crippen LogP contribution in [0.5, 0.6) is 0 Å². The standard InChI is InChI=1S/C13H16N2OS/c1-10-2-4-11(5-3-10)6-7-12(16)15-13-14-8-9-17-13/h2-5H,6-9H2,1H3,(H,14,15,16). The van der Waals surface area contributed by atoms with Crippen molar-refractivity contribution in [2.75, 3.05) is 12.3 Å². The molecule has 0 aromatic heterocycles. The van der Waals surface area contributed by atoms with E-state index in [4.69, 9.17) is 0 Å². The van der Waals surface area contributed by atoms with Gasteiger partial charge in [0.2, 0.25) is 5.91 Å². The third-order valence-corrected chi connectivity index (χ3v) is 3.48. The lowest BCUT2D eigenvalue weighted by molar-refractivity contribution is -0.119. The molecule has 2 rings (SSSR count). The van der Waals surface area contributed by atoms with Crippen molar-refractivity contribution in [1.82, 2.24) is 5.32 Å². The number of aryl methyl sites for hydroxylation is 2. The zero-order valence-corrected chi connectivity index (χ0v) is 10.7. The largest absolute Gasteiger partial charge is 0.305 e. The normalized spacial score (nSPS) is 14.5. The summed E-state index contributed by atoms with van der Waals surface area (Å²) in [5, 5.41) is 3.61. The van der Waals surface area contributed by atoms with Gasteiger partial charge in [-0.15, -0.1) is 0 Å². The van der Waals surface area contributed by atoms with E-state index in [2.05, 4.69) is 41.5 Å². The molecule has 1 aliphatic heterocycles. The number of nitrogens with one attached hydrogen (secondary N) is 1. The Bertz CT molecular complexity index is 426. The summed E-state index contributed by atoms with van der Waals surface area (Å²) in [6.07, 6.45) is 1.30. The van der Waals surface area contributed by atoms with Crippen molar-refractivity contribution in [2.24, 2.45) is 4.99 Å². The minimum absolute atomic E-state index is 0.0544. The van der Waals surface area contributed by atoms with Gasteiger partial charge >= 0.3 is 0 Å². The average Bonchev–Trinajstić information content (AvgIpc) is 2.81. The van der Waals surface area contributed by atoms with Crippen molar-refractivity contribution in [2.45, 2.75) is 19.8 Å². The highest BCUT2D eigenvalue weighted by atomic mass is 32.2. The molecule has 0 saturated carbocycles. The van der Waals surface area contributed by atoms with Crippen LogP contribution in [-0.4, -0.2) is 23.4 Å². The fourth-order valence-electron chi connectivity index (χ4n) is 1.61. The van der Waals surface area contributed by atoms with Gasteiger partial charge in [0.25, 0.3) is 0 Å². The third kappa shape index (κ3) is 3.89. The topological polar surface area (TPSA) is 41.5 Å². The second-order valence-electron chi connectivity index (χ2n) is 4.07. The van der Waals surface area contributed by atoms with Crippen LogP contribution in [0.1, 0.15) is 17.5 Å². The van der Waals surface area contributed by atoms with E-state index in [1.165, 1.54) is 11.1 Å². The molecule has 0 bridgehead atoms. The fraction of sp³-hybridized carbons (Fsp3) is 0.385. The number of benzene rings is 1. The fourth-order valence-corrected chi connectivity index (χ4v) is 2.35. The summed E-state index contributed by atoms with van der Waals surface area (Å²) in [5.41, 5.74) is 2.45. The molecular formula is C13H16N2OS. The van der Waals surface area contributed by atoms with Crippen molar-refractivity contribution >= 4 is 22.8 Å². The van der Waals surface area contributed by atoms with Gasteiger partial charge < -0.3 is 5.32 Å². The number of hydrogen-bond acceptors (Lipinski definition) is 3. The van der Waals surface area contributed by atoms with Crippen molar-refractivity contribution in [1.29, 1.82) is 0 Å². The van der Waals surface area contributed by atoms with Crippen molar-refractivity contribution in [3.63, 3.8) is 0 Å². The smallest absolute Gasteiger partial charge is 0.226 e. The lowest BCUT2D eigenvalue weighted by Gasteiger charge is -2.04. The van der Waals surface area contributed by atoms with Gasteiger partial charge in [-0.05, 0) is 18.9 Å². The van der Waals surface area contributed by atoms with E-state index in [0.717, 1.165) is 23.9 Å². The lowest BCUT2D eigenvalue weighted by atomic mass is 10.1.